The summed E-state index contributed by atoms with van der Waals surface area (Å²) >= 11 is 0. The molecule has 3 unspecified atom stereocenters. The lowest BCUT2D eigenvalue weighted by atomic mass is 9.78. The van der Waals surface area contributed by atoms with E-state index in [1.165, 1.54) is 0 Å². The molecule has 7 aliphatic heterocycles. The first-order chi connectivity index (χ1) is 44.2. The first kappa shape index (κ1) is 69.4. The van der Waals surface area contributed by atoms with E-state index in [1.54, 1.807) is 20.8 Å². The summed E-state index contributed by atoms with van der Waals surface area (Å²) in [6.07, 6.45) is -2.15. The van der Waals surface area contributed by atoms with Crippen LogP contribution in [-0.4, -0.2) is 143 Å². The van der Waals surface area contributed by atoms with Crippen molar-refractivity contribution in [3.05, 3.63) is 146 Å². The van der Waals surface area contributed by atoms with E-state index in [9.17, 15) is 9.90 Å². The molecule has 0 aromatic heterocycles. The predicted octanol–water partition coefficient (Wildman–Crippen LogP) is 11.6. The molecule has 504 valence electrons. The molecule has 8 bridgehead atoms. The van der Waals surface area contributed by atoms with Gasteiger partial charge in [-0.25, -0.2) is 4.79 Å². The van der Waals surface area contributed by atoms with Gasteiger partial charge in [0, 0.05) is 45.1 Å². The molecule has 0 radical (unpaired) electrons. The second-order valence-corrected chi connectivity index (χ2v) is 39.7. The molecule has 14 nitrogen and oxygen atoms in total. The maximum absolute atomic E-state index is 15.3. The van der Waals surface area contributed by atoms with Gasteiger partial charge in [0.15, 0.2) is 0 Å². The Balaban J connectivity index is 0.986. The van der Waals surface area contributed by atoms with E-state index in [2.05, 4.69) is 183 Å². The van der Waals surface area contributed by atoms with Crippen molar-refractivity contribution in [2.75, 3.05) is 6.54 Å². The van der Waals surface area contributed by atoms with Crippen molar-refractivity contribution >= 4 is 55.0 Å². The number of benzene rings is 4. The van der Waals surface area contributed by atoms with Crippen LogP contribution in [0.15, 0.2) is 146 Å². The van der Waals surface area contributed by atoms with Crippen molar-refractivity contribution < 1.29 is 61.5 Å². The Kier molecular flexibility index (Phi) is 21.4. The highest BCUT2D eigenvalue weighted by Crippen LogP contribution is 2.50. The third-order valence-electron chi connectivity index (χ3n) is 21.4. The van der Waals surface area contributed by atoms with Crippen molar-refractivity contribution in [2.24, 2.45) is 17.8 Å². The number of carbonyl (C=O) groups is 3. The van der Waals surface area contributed by atoms with Crippen LogP contribution in [0.1, 0.15) is 160 Å². The van der Waals surface area contributed by atoms with Crippen LogP contribution in [-0.2, 0) is 51.6 Å². The Hall–Kier alpha value is -4.96. The van der Waals surface area contributed by atoms with Gasteiger partial charge in [-0.1, -0.05) is 190 Å². The summed E-state index contributed by atoms with van der Waals surface area (Å²) in [5, 5.41) is 17.8. The van der Waals surface area contributed by atoms with Gasteiger partial charge >= 0.3 is 6.09 Å². The molecule has 7 fully saturated rings. The molecule has 2 N–H and O–H groups in total. The van der Waals surface area contributed by atoms with Gasteiger partial charge in [0.05, 0.1) is 61.0 Å². The Morgan fingerprint density at radius 3 is 1.63 bits per heavy atom. The number of aliphatic hydroxyl groups excluding tert-OH is 1. The molecular formula is C77H105NO13Si2. The monoisotopic (exact) mass is 1310 g/mol. The standard InChI is InChI=1S/C77H105NO13Si2/c1-48-40-56-36-38-63-49(2)41-55(83-63)35-34-52(79)44-68-70(90-92(76(8,9)10,58-26-18-14-19-27-58)59-28-20-15-21-29-59)71-72(88-68)73(91-93(77(11,12)13,60-30-22-16-23-31-60)61-32-24-17-25-33-61)69-64(87-71)39-37-57(85-69)42-53(80)43-62-51(4)65(86-67(62)46-66(84-56)50(48)3)45-54(81)47-78-74(82)89-75(5,6)7/h14-33,48,51,54-57,62-73,81H,2-3,34-47H2,1,4-13H3,(H,78,82)/t48-,51-,54+,55+,56+,57-,62?,63?,64+,65-,66?,67+,68-,69+,70+,71+,72-,73+/m1/s1. The maximum atomic E-state index is 15.3. The number of ether oxygens (including phenoxy) is 7. The highest BCUT2D eigenvalue weighted by molar-refractivity contribution is 7.00. The van der Waals surface area contributed by atoms with Gasteiger partial charge in [-0.05, 0) is 125 Å². The number of alkyl carbamates (subject to hydrolysis) is 1. The smallest absolute Gasteiger partial charge is 0.407 e. The van der Waals surface area contributed by atoms with Crippen LogP contribution in [0.3, 0.4) is 0 Å². The topological polar surface area (TPSA) is 167 Å². The summed E-state index contributed by atoms with van der Waals surface area (Å²) in [6.45, 7) is 32.5. The van der Waals surface area contributed by atoms with E-state index in [-0.39, 0.29) is 98.5 Å². The molecule has 16 heteroatoms. The van der Waals surface area contributed by atoms with E-state index in [4.69, 9.17) is 42.0 Å². The minimum absolute atomic E-state index is 0.0130. The predicted molar refractivity (Wildman–Crippen MR) is 367 cm³/mol. The minimum atomic E-state index is -3.41. The Bertz CT molecular complexity index is 3120. The quantitative estimate of drug-likeness (QED) is 0.102. The number of carbonyl (C=O) groups excluding carboxylic acids is 3. The molecule has 7 aliphatic rings. The van der Waals surface area contributed by atoms with Gasteiger partial charge in [0.1, 0.15) is 47.7 Å². The zero-order chi connectivity index (χ0) is 66.2. The first-order valence-electron chi connectivity index (χ1n) is 34.8. The zero-order valence-corrected chi connectivity index (χ0v) is 59.1. The molecular weight excluding hydrogens is 1200 g/mol. The number of nitrogens with one attached hydrogen (secondary N) is 1. The number of ketones is 2. The summed E-state index contributed by atoms with van der Waals surface area (Å²) in [7, 11) is -6.76. The number of hydrogen-bond donors (Lipinski definition) is 2. The number of Topliss-reactive ketones (excluding diaryl/α,β-unsaturated/α-hetero) is 2. The largest absolute Gasteiger partial charge is 0.444 e. The van der Waals surface area contributed by atoms with Crippen LogP contribution in [0.5, 0.6) is 0 Å². The van der Waals surface area contributed by atoms with Crippen LogP contribution in [0, 0.1) is 17.8 Å². The average molecular weight is 1310 g/mol. The van der Waals surface area contributed by atoms with Crippen LogP contribution in [0.2, 0.25) is 10.1 Å². The Labute approximate surface area is 555 Å². The summed E-state index contributed by atoms with van der Waals surface area (Å²) < 4.78 is 65.8. The van der Waals surface area contributed by atoms with Gasteiger partial charge in [-0.2, -0.15) is 0 Å². The third kappa shape index (κ3) is 15.1. The summed E-state index contributed by atoms with van der Waals surface area (Å²) in [5.74, 6) is -0.0549. The summed E-state index contributed by atoms with van der Waals surface area (Å²) in [4.78, 5) is 43.1. The molecule has 93 heavy (non-hydrogen) atoms. The highest BCUT2D eigenvalue weighted by atomic mass is 28.4. The molecule has 7 heterocycles. The average Bonchev–Trinajstić information content (AvgIpc) is 1.71. The molecule has 4 aromatic carbocycles. The zero-order valence-electron chi connectivity index (χ0n) is 57.1. The van der Waals surface area contributed by atoms with Gasteiger partial charge < -0.3 is 52.4 Å². The number of fused-ring (bicyclic) bond motifs is 7. The van der Waals surface area contributed by atoms with Gasteiger partial charge in [0.25, 0.3) is 16.6 Å². The van der Waals surface area contributed by atoms with Crippen LogP contribution in [0.4, 0.5) is 4.79 Å². The van der Waals surface area contributed by atoms with Crippen molar-refractivity contribution in [3.8, 4) is 0 Å². The van der Waals surface area contributed by atoms with E-state index in [1.807, 2.05) is 12.1 Å². The van der Waals surface area contributed by atoms with Crippen molar-refractivity contribution in [3.63, 3.8) is 0 Å². The van der Waals surface area contributed by atoms with Crippen molar-refractivity contribution in [1.82, 2.24) is 5.32 Å². The lowest BCUT2D eigenvalue weighted by Gasteiger charge is -2.53. The van der Waals surface area contributed by atoms with Gasteiger partial charge in [-0.3, -0.25) is 9.59 Å². The normalized spacial score (nSPS) is 33.0. The van der Waals surface area contributed by atoms with Crippen LogP contribution < -0.4 is 26.1 Å². The fourth-order valence-electron chi connectivity index (χ4n) is 16.7. The number of rotatable bonds is 12. The first-order valence-corrected chi connectivity index (χ1v) is 38.6. The molecule has 0 saturated carbocycles. The maximum Gasteiger partial charge on any atom is 0.407 e. The summed E-state index contributed by atoms with van der Waals surface area (Å²) in [5.41, 5.74) is 1.35. The van der Waals surface area contributed by atoms with Gasteiger partial charge in [0.2, 0.25) is 0 Å². The summed E-state index contributed by atoms with van der Waals surface area (Å²) in [6, 6.07) is 42.5. The second kappa shape index (κ2) is 28.6. The molecule has 1 amide bonds. The molecule has 18 atom stereocenters. The molecule has 0 spiro atoms. The van der Waals surface area contributed by atoms with Crippen LogP contribution in [0.25, 0.3) is 0 Å². The highest BCUT2D eigenvalue weighted by Gasteiger charge is 2.65. The number of amides is 1. The second-order valence-electron chi connectivity index (χ2n) is 31.2. The van der Waals surface area contributed by atoms with Crippen molar-refractivity contribution in [1.29, 1.82) is 0 Å². The Morgan fingerprint density at radius 1 is 0.559 bits per heavy atom. The lowest BCUT2D eigenvalue weighted by molar-refractivity contribution is -0.254. The SMILES string of the molecule is C=C1C[C@@H]2CCC(=O)C[C@H]3O[C@H]4[C@@H](O[Si](c5ccccc5)(c5ccccc5)C(C)(C)C)[C@H]5O[C@H](CC[C@@H]5O[C@H]4[C@H]3O[Si](c3ccccc3)(c3ccccc3)C(C)(C)C)CC(=O)CC3[C@H](CC4O[C@@H](CCC1O2)C[C@@H](C)C4=C)O[C@H](C[C@H](O)CNC(=O)OC(C)(C)C)[C@@H]3C. The van der Waals surface area contributed by atoms with E-state index < -0.39 is 99.4 Å². The third-order valence-corrected chi connectivity index (χ3v) is 31.4. The lowest BCUT2D eigenvalue weighted by Crippen LogP contribution is -2.73. The van der Waals surface area contributed by atoms with E-state index in [0.717, 1.165) is 51.2 Å². The fraction of sp³-hybridized carbons (Fsp3) is 0.597. The molecule has 0 aliphatic carbocycles. The fourth-order valence-corrected chi connectivity index (χ4v) is 26.1. The van der Waals surface area contributed by atoms with Gasteiger partial charge in [-0.15, -0.1) is 0 Å². The van der Waals surface area contributed by atoms with E-state index in [0.29, 0.717) is 32.1 Å². The van der Waals surface area contributed by atoms with Crippen LogP contribution >= 0.6 is 0 Å². The number of hydrogen-bond acceptors (Lipinski definition) is 13. The minimum Gasteiger partial charge on any atom is -0.444 e. The molecule has 4 aromatic rings. The molecule has 11 rings (SSSR count). The van der Waals surface area contributed by atoms with Crippen molar-refractivity contribution in [2.45, 2.75) is 267 Å². The Morgan fingerprint density at radius 2 is 1.08 bits per heavy atom. The number of aliphatic hydroxyl groups is 1. The van der Waals surface area contributed by atoms with E-state index >= 15 is 9.59 Å². The molecule has 7 saturated heterocycles.